The van der Waals surface area contributed by atoms with Crippen molar-refractivity contribution in [2.75, 3.05) is 0 Å². The molecule has 0 aliphatic carbocycles. The number of nitrogens with two attached hydrogens (primary N) is 2. The van der Waals surface area contributed by atoms with E-state index in [2.05, 4.69) is 9.98 Å². The third-order valence-electron chi connectivity index (χ3n) is 7.04. The molecule has 43 heavy (non-hydrogen) atoms. The highest BCUT2D eigenvalue weighted by Gasteiger charge is 2.14. The summed E-state index contributed by atoms with van der Waals surface area (Å²) >= 11 is 0. The van der Waals surface area contributed by atoms with Gasteiger partial charge in [0.25, 0.3) is 0 Å². The average Bonchev–Trinajstić information content (AvgIpc) is 3.48. The number of carbonyl (C=O) groups excluding carboxylic acids is 2. The molecule has 0 fully saturated rings. The van der Waals surface area contributed by atoms with Crippen LogP contribution in [0.15, 0.2) is 124 Å². The molecule has 0 bridgehead atoms. The summed E-state index contributed by atoms with van der Waals surface area (Å²) in [5, 5.41) is 0. The number of furan rings is 1. The van der Waals surface area contributed by atoms with Gasteiger partial charge >= 0.3 is 0 Å². The predicted octanol–water partition coefficient (Wildman–Crippen LogP) is 6.83. The number of Topliss-reactive ketones (excluding diaryl/α,β-unsaturated/α-hetero) is 2. The lowest BCUT2D eigenvalue weighted by Crippen LogP contribution is -2.25. The van der Waals surface area contributed by atoms with Crippen LogP contribution in [0.25, 0.3) is 22.6 Å². The van der Waals surface area contributed by atoms with Gasteiger partial charge in [-0.2, -0.15) is 0 Å². The van der Waals surface area contributed by atoms with Crippen molar-refractivity contribution in [1.29, 1.82) is 0 Å². The molecule has 1 aromatic heterocycles. The van der Waals surface area contributed by atoms with E-state index in [0.29, 0.717) is 22.9 Å². The second kappa shape index (κ2) is 13.0. The van der Waals surface area contributed by atoms with Crippen molar-refractivity contribution in [3.63, 3.8) is 0 Å². The second-order valence-corrected chi connectivity index (χ2v) is 10.3. The van der Waals surface area contributed by atoms with Crippen LogP contribution in [0.5, 0.6) is 0 Å². The summed E-state index contributed by atoms with van der Waals surface area (Å²) in [6.45, 7) is 3.92. The maximum absolute atomic E-state index is 12.5. The maximum atomic E-state index is 12.5. The Morgan fingerprint density at radius 1 is 0.581 bits per heavy atom. The standard InChI is InChI=1S/C36H32N4O3/c1-23-19-27(39-35(37)31(41)21-25-9-5-3-6-10-25)13-15-29(23)33-17-18-34(43-33)30-16-14-28(20-24(30)2)40-36(38)32(42)22-26-11-7-4-8-12-26/h3-20H,21-22H2,1-2H3,(H2,37,39)(H2,38,40). The Kier molecular flexibility index (Phi) is 8.72. The molecule has 0 aliphatic rings. The van der Waals surface area contributed by atoms with E-state index in [1.165, 1.54) is 0 Å². The number of amidine groups is 2. The van der Waals surface area contributed by atoms with Gasteiger partial charge in [0.15, 0.2) is 11.7 Å². The minimum atomic E-state index is -0.225. The normalized spacial score (nSPS) is 11.9. The molecule has 0 radical (unpaired) electrons. The van der Waals surface area contributed by atoms with Gasteiger partial charge in [-0.15, -0.1) is 0 Å². The van der Waals surface area contributed by atoms with Crippen LogP contribution in [0.2, 0.25) is 0 Å². The molecule has 0 atom stereocenters. The summed E-state index contributed by atoms with van der Waals surface area (Å²) < 4.78 is 6.24. The van der Waals surface area contributed by atoms with Crippen molar-refractivity contribution in [3.05, 3.63) is 131 Å². The summed E-state index contributed by atoms with van der Waals surface area (Å²) in [7, 11) is 0. The van der Waals surface area contributed by atoms with E-state index in [4.69, 9.17) is 15.9 Å². The van der Waals surface area contributed by atoms with Gasteiger partial charge in [0.1, 0.15) is 11.5 Å². The van der Waals surface area contributed by atoms with Gasteiger partial charge in [-0.3, -0.25) is 9.59 Å². The topological polar surface area (TPSA) is 124 Å². The van der Waals surface area contributed by atoms with Gasteiger partial charge in [0, 0.05) is 24.0 Å². The molecule has 4 aromatic carbocycles. The Balaban J connectivity index is 1.28. The van der Waals surface area contributed by atoms with Crippen LogP contribution in [0.1, 0.15) is 22.3 Å². The van der Waals surface area contributed by atoms with E-state index in [1.54, 1.807) is 0 Å². The van der Waals surface area contributed by atoms with Gasteiger partial charge in [-0.1, -0.05) is 60.7 Å². The Bertz CT molecular complexity index is 1700. The zero-order valence-electron chi connectivity index (χ0n) is 24.1. The third-order valence-corrected chi connectivity index (χ3v) is 7.04. The number of hydrogen-bond donors (Lipinski definition) is 2. The molecule has 5 aromatic rings. The molecular formula is C36H32N4O3. The first-order valence-electron chi connectivity index (χ1n) is 13.9. The molecule has 214 valence electrons. The zero-order valence-corrected chi connectivity index (χ0v) is 24.1. The maximum Gasteiger partial charge on any atom is 0.201 e. The van der Waals surface area contributed by atoms with Gasteiger partial charge < -0.3 is 15.9 Å². The Morgan fingerprint density at radius 3 is 1.35 bits per heavy atom. The summed E-state index contributed by atoms with van der Waals surface area (Å²) in [5.74, 6) is 0.903. The van der Waals surface area contributed by atoms with Crippen molar-refractivity contribution in [3.8, 4) is 22.6 Å². The zero-order chi connectivity index (χ0) is 30.3. The quantitative estimate of drug-likeness (QED) is 0.141. The molecular weight excluding hydrogens is 536 g/mol. The first-order chi connectivity index (χ1) is 20.8. The molecule has 7 nitrogen and oxygen atoms in total. The number of nitrogens with zero attached hydrogens (tertiary/aromatic N) is 2. The van der Waals surface area contributed by atoms with Crippen LogP contribution in [0, 0.1) is 13.8 Å². The number of carbonyl (C=O) groups is 2. The van der Waals surface area contributed by atoms with Crippen molar-refractivity contribution in [2.45, 2.75) is 26.7 Å². The third kappa shape index (κ3) is 7.21. The fourth-order valence-corrected chi connectivity index (χ4v) is 4.76. The molecule has 0 amide bonds. The summed E-state index contributed by atoms with van der Waals surface area (Å²) in [6, 6.07) is 33.9. The van der Waals surface area contributed by atoms with E-state index in [-0.39, 0.29) is 36.1 Å². The highest BCUT2D eigenvalue weighted by Crippen LogP contribution is 2.34. The van der Waals surface area contributed by atoms with Crippen molar-refractivity contribution in [1.82, 2.24) is 0 Å². The molecule has 0 saturated heterocycles. The van der Waals surface area contributed by atoms with Gasteiger partial charge in [0.2, 0.25) is 11.6 Å². The molecule has 0 unspecified atom stereocenters. The molecule has 5 rings (SSSR count). The highest BCUT2D eigenvalue weighted by atomic mass is 16.3. The number of benzene rings is 4. The van der Waals surface area contributed by atoms with E-state index in [1.807, 2.05) is 123 Å². The van der Waals surface area contributed by atoms with Crippen LogP contribution in [0.4, 0.5) is 11.4 Å². The van der Waals surface area contributed by atoms with E-state index < -0.39 is 0 Å². The van der Waals surface area contributed by atoms with Crippen molar-refractivity contribution < 1.29 is 14.0 Å². The fourth-order valence-electron chi connectivity index (χ4n) is 4.76. The smallest absolute Gasteiger partial charge is 0.201 e. The van der Waals surface area contributed by atoms with Gasteiger partial charge in [-0.25, -0.2) is 9.98 Å². The monoisotopic (exact) mass is 568 g/mol. The SMILES string of the molecule is Cc1cc(N=C(N)C(=O)Cc2ccccc2)ccc1-c1ccc(-c2ccc(N=C(N)C(=O)Cc3ccccc3)cc2C)o1. The molecule has 0 spiro atoms. The molecule has 7 heteroatoms. The van der Waals surface area contributed by atoms with Crippen LogP contribution < -0.4 is 11.5 Å². The lowest BCUT2D eigenvalue weighted by atomic mass is 10.1. The van der Waals surface area contributed by atoms with Crippen molar-refractivity contribution in [2.24, 2.45) is 21.5 Å². The van der Waals surface area contributed by atoms with E-state index >= 15 is 0 Å². The van der Waals surface area contributed by atoms with Gasteiger partial charge in [0.05, 0.1) is 11.4 Å². The fraction of sp³-hybridized carbons (Fsp3) is 0.111. The summed E-state index contributed by atoms with van der Waals surface area (Å²) in [5.41, 5.74) is 18.7. The Morgan fingerprint density at radius 2 is 0.977 bits per heavy atom. The Hall–Kier alpha value is -5.56. The van der Waals surface area contributed by atoms with E-state index in [0.717, 1.165) is 33.4 Å². The highest BCUT2D eigenvalue weighted by molar-refractivity contribution is 6.39. The minimum Gasteiger partial charge on any atom is -0.456 e. The van der Waals surface area contributed by atoms with Crippen LogP contribution in [-0.2, 0) is 22.4 Å². The number of rotatable bonds is 10. The van der Waals surface area contributed by atoms with Crippen LogP contribution >= 0.6 is 0 Å². The Labute approximate surface area is 250 Å². The lowest BCUT2D eigenvalue weighted by Gasteiger charge is -2.07. The number of aliphatic imine (C=N–C) groups is 2. The van der Waals surface area contributed by atoms with Crippen LogP contribution in [0.3, 0.4) is 0 Å². The van der Waals surface area contributed by atoms with Crippen molar-refractivity contribution >= 4 is 34.6 Å². The first kappa shape index (κ1) is 29.0. The number of aryl methyl sites for hydroxylation is 2. The molecule has 0 aliphatic heterocycles. The van der Waals surface area contributed by atoms with E-state index in [9.17, 15) is 9.59 Å². The molecule has 4 N–H and O–H groups in total. The van der Waals surface area contributed by atoms with Gasteiger partial charge in [-0.05, 0) is 84.6 Å². The summed E-state index contributed by atoms with van der Waals surface area (Å²) in [6.07, 6.45) is 0.407. The molecule has 1 heterocycles. The lowest BCUT2D eigenvalue weighted by molar-refractivity contribution is -0.113. The average molecular weight is 569 g/mol. The minimum absolute atomic E-state index is 0.0261. The largest absolute Gasteiger partial charge is 0.456 e. The van der Waals surface area contributed by atoms with Crippen LogP contribution in [-0.4, -0.2) is 23.2 Å². The molecule has 0 saturated carbocycles. The number of ketones is 2. The number of hydrogen-bond acceptors (Lipinski definition) is 5. The first-order valence-corrected chi connectivity index (χ1v) is 13.9. The predicted molar refractivity (Wildman–Crippen MR) is 172 cm³/mol. The summed E-state index contributed by atoms with van der Waals surface area (Å²) in [4.78, 5) is 33.8. The second-order valence-electron chi connectivity index (χ2n) is 10.3.